The lowest BCUT2D eigenvalue weighted by Crippen LogP contribution is -2.36. The number of aldehydes is 1. The topological polar surface area (TPSA) is 69.4 Å². The van der Waals surface area contributed by atoms with Crippen LogP contribution in [0.3, 0.4) is 0 Å². The number of rotatable bonds is 4. The van der Waals surface area contributed by atoms with Crippen molar-refractivity contribution >= 4 is 12.3 Å². The van der Waals surface area contributed by atoms with Crippen molar-refractivity contribution in [2.24, 2.45) is 11.1 Å². The Balaban J connectivity index is 4.08. The summed E-state index contributed by atoms with van der Waals surface area (Å²) in [4.78, 5) is 21.3. The van der Waals surface area contributed by atoms with Gasteiger partial charge in [-0.2, -0.15) is 0 Å². The van der Waals surface area contributed by atoms with E-state index in [-0.39, 0.29) is 0 Å². The lowest BCUT2D eigenvalue weighted by atomic mass is 9.88. The summed E-state index contributed by atoms with van der Waals surface area (Å²) in [7, 11) is 1.27. The maximum absolute atomic E-state index is 10.8. The van der Waals surface area contributed by atoms with Gasteiger partial charge < -0.3 is 15.3 Å². The molecule has 0 spiro atoms. The van der Waals surface area contributed by atoms with Gasteiger partial charge in [-0.3, -0.25) is 4.79 Å². The Morgan fingerprint density at radius 2 is 2.17 bits per heavy atom. The van der Waals surface area contributed by atoms with E-state index >= 15 is 0 Å². The van der Waals surface area contributed by atoms with Crippen LogP contribution in [0.2, 0.25) is 0 Å². The van der Waals surface area contributed by atoms with E-state index in [9.17, 15) is 9.59 Å². The van der Waals surface area contributed by atoms with E-state index in [4.69, 9.17) is 5.73 Å². The highest BCUT2D eigenvalue weighted by Crippen LogP contribution is 2.18. The normalized spacial score (nSPS) is 13.7. The molecule has 0 radical (unpaired) electrons. The number of hydrogen-bond acceptors (Lipinski definition) is 4. The second-order valence-electron chi connectivity index (χ2n) is 3.44. The zero-order valence-corrected chi connectivity index (χ0v) is 7.66. The fourth-order valence-electron chi connectivity index (χ4n) is 0.850. The first-order chi connectivity index (χ1) is 5.43. The number of ether oxygens (including phenoxy) is 1. The van der Waals surface area contributed by atoms with Crippen LogP contribution in [0, 0.1) is 5.41 Å². The molecule has 0 rings (SSSR count). The van der Waals surface area contributed by atoms with Crippen LogP contribution in [0.25, 0.3) is 0 Å². The molecule has 0 unspecified atom stereocenters. The van der Waals surface area contributed by atoms with E-state index in [1.807, 2.05) is 0 Å². The predicted octanol–water partition coefficient (Wildman–Crippen LogP) is 0.102. The SMILES string of the molecule is COC(=O)[C@@H](N)CC(C)(C)C=O. The Morgan fingerprint density at radius 1 is 1.67 bits per heavy atom. The molecule has 12 heavy (non-hydrogen) atoms. The first-order valence-corrected chi connectivity index (χ1v) is 3.72. The molecule has 4 heteroatoms. The molecule has 0 aromatic carbocycles. The number of hydrogen-bond donors (Lipinski definition) is 1. The van der Waals surface area contributed by atoms with E-state index in [1.165, 1.54) is 7.11 Å². The maximum Gasteiger partial charge on any atom is 0.322 e. The largest absolute Gasteiger partial charge is 0.468 e. The number of methoxy groups -OCH3 is 1. The lowest BCUT2D eigenvalue weighted by molar-refractivity contribution is -0.143. The van der Waals surface area contributed by atoms with Crippen LogP contribution >= 0.6 is 0 Å². The smallest absolute Gasteiger partial charge is 0.322 e. The summed E-state index contributed by atoms with van der Waals surface area (Å²) in [5.41, 5.74) is 4.89. The van der Waals surface area contributed by atoms with Gasteiger partial charge >= 0.3 is 5.97 Å². The molecular formula is C8H15NO3. The Labute approximate surface area is 72.1 Å². The summed E-state index contributed by atoms with van der Waals surface area (Å²) >= 11 is 0. The molecule has 0 amide bonds. The van der Waals surface area contributed by atoms with Crippen molar-refractivity contribution in [2.75, 3.05) is 7.11 Å². The van der Waals surface area contributed by atoms with Crippen molar-refractivity contribution in [1.29, 1.82) is 0 Å². The van der Waals surface area contributed by atoms with E-state index < -0.39 is 17.4 Å². The van der Waals surface area contributed by atoms with Crippen LogP contribution in [-0.4, -0.2) is 25.4 Å². The van der Waals surface area contributed by atoms with Gasteiger partial charge in [0.15, 0.2) is 0 Å². The predicted molar refractivity (Wildman–Crippen MR) is 44.5 cm³/mol. The summed E-state index contributed by atoms with van der Waals surface area (Å²) in [5, 5.41) is 0. The Morgan fingerprint density at radius 3 is 2.50 bits per heavy atom. The van der Waals surface area contributed by atoms with Crippen LogP contribution in [0.5, 0.6) is 0 Å². The van der Waals surface area contributed by atoms with Crippen LogP contribution in [0.4, 0.5) is 0 Å². The van der Waals surface area contributed by atoms with E-state index in [0.717, 1.165) is 6.29 Å². The maximum atomic E-state index is 10.8. The molecule has 0 bridgehead atoms. The van der Waals surface area contributed by atoms with Crippen LogP contribution < -0.4 is 5.73 Å². The summed E-state index contributed by atoms with van der Waals surface area (Å²) < 4.78 is 4.42. The van der Waals surface area contributed by atoms with E-state index in [2.05, 4.69) is 4.74 Å². The minimum Gasteiger partial charge on any atom is -0.468 e. The first kappa shape index (κ1) is 11.1. The van der Waals surface area contributed by atoms with E-state index in [1.54, 1.807) is 13.8 Å². The Bertz CT molecular complexity index is 177. The fraction of sp³-hybridized carbons (Fsp3) is 0.750. The minimum atomic E-state index is -0.713. The van der Waals surface area contributed by atoms with Crippen molar-refractivity contribution in [3.05, 3.63) is 0 Å². The monoisotopic (exact) mass is 173 g/mol. The molecule has 0 aliphatic carbocycles. The molecule has 0 aliphatic heterocycles. The molecule has 0 saturated carbocycles. The zero-order chi connectivity index (χ0) is 9.78. The minimum absolute atomic E-state index is 0.309. The summed E-state index contributed by atoms with van der Waals surface area (Å²) in [6.07, 6.45) is 1.10. The van der Waals surface area contributed by atoms with Crippen molar-refractivity contribution in [2.45, 2.75) is 26.3 Å². The lowest BCUT2D eigenvalue weighted by Gasteiger charge is -2.19. The third-order valence-corrected chi connectivity index (χ3v) is 1.57. The first-order valence-electron chi connectivity index (χ1n) is 3.72. The number of carbonyl (C=O) groups is 2. The number of esters is 1. The standard InChI is InChI=1S/C8H15NO3/c1-8(2,5-10)4-6(9)7(11)12-3/h5-6H,4,9H2,1-3H3/t6-/m0/s1. The molecule has 0 aromatic heterocycles. The van der Waals surface area contributed by atoms with Gasteiger partial charge in [-0.05, 0) is 6.42 Å². The van der Waals surface area contributed by atoms with Gasteiger partial charge in [0.25, 0.3) is 0 Å². The second kappa shape index (κ2) is 4.21. The molecule has 0 aliphatic rings. The number of nitrogens with two attached hydrogens (primary N) is 1. The average Bonchev–Trinajstić information content (AvgIpc) is 2.02. The summed E-state index contributed by atoms with van der Waals surface area (Å²) in [6, 6.07) is -0.713. The highest BCUT2D eigenvalue weighted by molar-refractivity contribution is 5.76. The van der Waals surface area contributed by atoms with Crippen molar-refractivity contribution < 1.29 is 14.3 Å². The molecule has 2 N–H and O–H groups in total. The van der Waals surface area contributed by atoms with Gasteiger partial charge in [-0.1, -0.05) is 13.8 Å². The zero-order valence-electron chi connectivity index (χ0n) is 7.66. The van der Waals surface area contributed by atoms with Crippen molar-refractivity contribution in [3.8, 4) is 0 Å². The fourth-order valence-corrected chi connectivity index (χ4v) is 0.850. The second-order valence-corrected chi connectivity index (χ2v) is 3.44. The van der Waals surface area contributed by atoms with Gasteiger partial charge in [0.05, 0.1) is 7.11 Å². The molecule has 0 aromatic rings. The molecular weight excluding hydrogens is 158 g/mol. The molecule has 0 saturated heterocycles. The van der Waals surface area contributed by atoms with E-state index in [0.29, 0.717) is 6.42 Å². The van der Waals surface area contributed by atoms with Gasteiger partial charge in [0, 0.05) is 5.41 Å². The Hall–Kier alpha value is -0.900. The molecule has 1 atom stereocenters. The number of carbonyl (C=O) groups excluding carboxylic acids is 2. The molecule has 0 fully saturated rings. The van der Waals surface area contributed by atoms with Crippen LogP contribution in [0.15, 0.2) is 0 Å². The quantitative estimate of drug-likeness (QED) is 0.483. The molecule has 4 nitrogen and oxygen atoms in total. The van der Waals surface area contributed by atoms with Gasteiger partial charge in [0.2, 0.25) is 0 Å². The van der Waals surface area contributed by atoms with Crippen LogP contribution in [0.1, 0.15) is 20.3 Å². The average molecular weight is 173 g/mol. The third kappa shape index (κ3) is 3.48. The summed E-state index contributed by atoms with van der Waals surface area (Å²) in [6.45, 7) is 3.45. The van der Waals surface area contributed by atoms with Crippen LogP contribution in [-0.2, 0) is 14.3 Å². The molecule has 70 valence electrons. The highest BCUT2D eigenvalue weighted by Gasteiger charge is 2.25. The van der Waals surface area contributed by atoms with Gasteiger partial charge in [0.1, 0.15) is 12.3 Å². The van der Waals surface area contributed by atoms with Crippen molar-refractivity contribution in [3.63, 3.8) is 0 Å². The highest BCUT2D eigenvalue weighted by atomic mass is 16.5. The molecule has 0 heterocycles. The van der Waals surface area contributed by atoms with Gasteiger partial charge in [-0.15, -0.1) is 0 Å². The van der Waals surface area contributed by atoms with Crippen molar-refractivity contribution in [1.82, 2.24) is 0 Å². The third-order valence-electron chi connectivity index (χ3n) is 1.57. The van der Waals surface area contributed by atoms with Gasteiger partial charge in [-0.25, -0.2) is 0 Å². The summed E-state index contributed by atoms with van der Waals surface area (Å²) in [5.74, 6) is -0.482. The Kier molecular flexibility index (Phi) is 3.89.